The molecule has 15 heteroatoms. The maximum absolute atomic E-state index is 14.5. The highest BCUT2D eigenvalue weighted by atomic mass is 32.1. The second kappa shape index (κ2) is 10.7. The summed E-state index contributed by atoms with van der Waals surface area (Å²) >= 11 is 1.50. The van der Waals surface area contributed by atoms with Crippen LogP contribution < -0.4 is 9.47 Å². The average molecular weight is 620 g/mol. The van der Waals surface area contributed by atoms with Crippen LogP contribution in [0.2, 0.25) is 0 Å². The maximum atomic E-state index is 14.5. The van der Waals surface area contributed by atoms with Crippen molar-refractivity contribution in [1.29, 1.82) is 0 Å². The molecule has 0 aliphatic carbocycles. The van der Waals surface area contributed by atoms with Crippen molar-refractivity contribution in [2.45, 2.75) is 50.7 Å². The van der Waals surface area contributed by atoms with Crippen LogP contribution in [0.5, 0.6) is 11.5 Å². The minimum atomic E-state index is -2.07. The zero-order valence-corrected chi connectivity index (χ0v) is 26.8. The fourth-order valence-corrected chi connectivity index (χ4v) is 6.53. The van der Waals surface area contributed by atoms with E-state index in [4.69, 9.17) is 42.8 Å². The van der Waals surface area contributed by atoms with Crippen molar-refractivity contribution in [2.24, 2.45) is 7.05 Å². The highest BCUT2D eigenvalue weighted by molar-refractivity contribution is 7.08. The van der Waals surface area contributed by atoms with Crippen molar-refractivity contribution in [1.82, 2.24) is 29.4 Å². The van der Waals surface area contributed by atoms with Gasteiger partial charge in [-0.15, -0.1) is 0 Å². The van der Waals surface area contributed by atoms with Crippen LogP contribution in [0, 0.1) is 0 Å². The van der Waals surface area contributed by atoms with Gasteiger partial charge in [0.05, 0.1) is 53.3 Å². The minimum absolute atomic E-state index is 0.0426. The molecular weight excluding hydrogens is 589 g/mol. The lowest BCUT2D eigenvalue weighted by Crippen LogP contribution is -2.76. The van der Waals surface area contributed by atoms with E-state index in [-0.39, 0.29) is 25.4 Å². The first-order valence-electron chi connectivity index (χ1n) is 14.3. The summed E-state index contributed by atoms with van der Waals surface area (Å²) in [7, 11) is 22.2. The van der Waals surface area contributed by atoms with Gasteiger partial charge in [0.2, 0.25) is 0 Å². The maximum Gasteiger partial charge on any atom is 0.410 e. The van der Waals surface area contributed by atoms with Crippen LogP contribution in [0.25, 0.3) is 28.2 Å². The number of likely N-dealkylation sites (tertiary alicyclic amines) is 1. The second-order valence-corrected chi connectivity index (χ2v) is 13.4. The first-order valence-corrected chi connectivity index (χ1v) is 15.2. The number of nitrogens with zero attached hydrogens (tertiary/aromatic N) is 6. The van der Waals surface area contributed by atoms with Crippen LogP contribution in [0.3, 0.4) is 0 Å². The Morgan fingerprint density at radius 2 is 1.84 bits per heavy atom. The minimum Gasteiger partial charge on any atom is -0.496 e. The van der Waals surface area contributed by atoms with Gasteiger partial charge in [0.25, 0.3) is 5.91 Å². The molecule has 0 saturated carbocycles. The zero-order valence-electron chi connectivity index (χ0n) is 26.0. The van der Waals surface area contributed by atoms with Crippen molar-refractivity contribution >= 4 is 46.9 Å². The first-order chi connectivity index (χ1) is 21.1. The van der Waals surface area contributed by atoms with Crippen LogP contribution in [0.4, 0.5) is 4.79 Å². The molecule has 0 unspecified atom stereocenters. The lowest BCUT2D eigenvalue weighted by molar-refractivity contribution is -0.0485. The molecule has 0 spiro atoms. The highest BCUT2D eigenvalue weighted by Gasteiger charge is 2.52. The topological polar surface area (TPSA) is 104 Å². The molecule has 2 aliphatic rings. The summed E-state index contributed by atoms with van der Waals surface area (Å²) in [5.41, 5.74) is 2.53. The van der Waals surface area contributed by atoms with Crippen molar-refractivity contribution < 1.29 is 23.8 Å². The SMILES string of the molecule is [B]C([B])([B])N(C(=O)c1nn(-c2ccsc2)c2c1COc1cc(OC)c(-c3ccn(C)n3)cc1-2)C1(C)CN(C(=O)OC(C)(C)C)C1. The molecule has 1 aromatic carbocycles. The number of fused-ring (bicyclic) bond motifs is 3. The average Bonchev–Trinajstić information content (AvgIpc) is 3.68. The standard InChI is InChI=1S/C30H31B3N6O5S/c1-28(2,3)44-27(41)37-15-29(4,16-37)39(30(31,32)33)26(40)24-20-13-43-23-12-22(42-6)18(21-7-9-36(5)34-21)11-19(23)25(20)38(35-24)17-8-10-45-14-17/h7-12,14H,13,15-16H2,1-6H3. The van der Waals surface area contributed by atoms with Gasteiger partial charge in [-0.3, -0.25) is 9.48 Å². The number of carbonyl (C=O) groups is 2. The molecule has 2 amide bonds. The number of thiophene rings is 1. The molecule has 6 rings (SSSR count). The van der Waals surface area contributed by atoms with E-state index in [1.54, 1.807) is 44.2 Å². The molecule has 1 fully saturated rings. The number of aromatic nitrogens is 4. The Bertz CT molecular complexity index is 1780. The Kier molecular flexibility index (Phi) is 7.38. The van der Waals surface area contributed by atoms with Crippen molar-refractivity contribution in [3.05, 3.63) is 52.5 Å². The highest BCUT2D eigenvalue weighted by Crippen LogP contribution is 2.46. The molecule has 6 radical (unpaired) electrons. The predicted molar refractivity (Wildman–Crippen MR) is 172 cm³/mol. The van der Waals surface area contributed by atoms with Crippen LogP contribution in [-0.2, 0) is 18.4 Å². The quantitative estimate of drug-likeness (QED) is 0.305. The molecule has 11 nitrogen and oxygen atoms in total. The number of methoxy groups -OCH3 is 1. The summed E-state index contributed by atoms with van der Waals surface area (Å²) in [6, 6.07) is 7.54. The van der Waals surface area contributed by atoms with Gasteiger partial charge in [0.15, 0.2) is 5.69 Å². The molecule has 0 N–H and O–H groups in total. The molecule has 0 bridgehead atoms. The van der Waals surface area contributed by atoms with Crippen molar-refractivity contribution in [3.8, 4) is 39.7 Å². The van der Waals surface area contributed by atoms with E-state index in [0.717, 1.165) is 11.3 Å². The number of carbonyl (C=O) groups excluding carboxylic acids is 2. The Labute approximate surface area is 269 Å². The van der Waals surface area contributed by atoms with Gasteiger partial charge in [-0.2, -0.15) is 21.5 Å². The summed E-state index contributed by atoms with van der Waals surface area (Å²) < 4.78 is 20.8. The van der Waals surface area contributed by atoms with Crippen LogP contribution in [0.1, 0.15) is 43.7 Å². The third-order valence-corrected chi connectivity index (χ3v) is 8.37. The van der Waals surface area contributed by atoms with E-state index in [1.165, 1.54) is 21.1 Å². The fraction of sp³-hybridized carbons (Fsp3) is 0.400. The lowest BCUT2D eigenvalue weighted by atomic mass is 9.47. The Morgan fingerprint density at radius 1 is 1.11 bits per heavy atom. The largest absolute Gasteiger partial charge is 0.496 e. The van der Waals surface area contributed by atoms with E-state index in [9.17, 15) is 9.59 Å². The molecule has 1 saturated heterocycles. The molecule has 4 aromatic rings. The van der Waals surface area contributed by atoms with Crippen molar-refractivity contribution in [2.75, 3.05) is 20.2 Å². The molecule has 5 heterocycles. The Hall–Kier alpha value is -4.13. The number of benzene rings is 1. The van der Waals surface area contributed by atoms with Gasteiger partial charge in [0, 0.05) is 54.5 Å². The lowest BCUT2D eigenvalue weighted by Gasteiger charge is -2.58. The molecular formula is C30H31B3N6O5S. The van der Waals surface area contributed by atoms with Gasteiger partial charge in [-0.05, 0) is 51.3 Å². The summed E-state index contributed by atoms with van der Waals surface area (Å²) in [5, 5.41) is 11.2. The first kappa shape index (κ1) is 30.9. The smallest absolute Gasteiger partial charge is 0.410 e. The third kappa shape index (κ3) is 5.51. The molecule has 226 valence electrons. The second-order valence-electron chi connectivity index (χ2n) is 12.6. The van der Waals surface area contributed by atoms with Gasteiger partial charge < -0.3 is 24.0 Å². The van der Waals surface area contributed by atoms with Gasteiger partial charge in [0.1, 0.15) is 23.7 Å². The Morgan fingerprint density at radius 3 is 2.42 bits per heavy atom. The van der Waals surface area contributed by atoms with Gasteiger partial charge in [-0.25, -0.2) is 9.48 Å². The fourth-order valence-electron chi connectivity index (χ4n) is 5.91. The molecule has 3 aromatic heterocycles. The summed E-state index contributed by atoms with van der Waals surface area (Å²) in [6.45, 7) is 7.39. The van der Waals surface area contributed by atoms with E-state index < -0.39 is 28.4 Å². The normalized spacial score (nSPS) is 15.4. The summed E-state index contributed by atoms with van der Waals surface area (Å²) in [5.74, 6) is 0.562. The number of rotatable bonds is 6. The summed E-state index contributed by atoms with van der Waals surface area (Å²) in [4.78, 5) is 29.9. The van der Waals surface area contributed by atoms with E-state index in [2.05, 4.69) is 5.10 Å². The van der Waals surface area contributed by atoms with E-state index >= 15 is 0 Å². The summed E-state index contributed by atoms with van der Waals surface area (Å²) in [6.07, 6.45) is 1.34. The van der Waals surface area contributed by atoms with Crippen LogP contribution >= 0.6 is 11.3 Å². The number of hydrogen-bond acceptors (Lipinski definition) is 8. The number of ether oxygens (including phenoxy) is 3. The van der Waals surface area contributed by atoms with E-state index in [0.29, 0.717) is 34.0 Å². The molecule has 2 aliphatic heterocycles. The predicted octanol–water partition coefficient (Wildman–Crippen LogP) is 3.47. The zero-order chi connectivity index (χ0) is 32.5. The number of aryl methyl sites for hydroxylation is 1. The molecule has 45 heavy (non-hydrogen) atoms. The number of hydrogen-bond donors (Lipinski definition) is 0. The van der Waals surface area contributed by atoms with Gasteiger partial charge >= 0.3 is 6.09 Å². The van der Waals surface area contributed by atoms with Gasteiger partial charge in [-0.1, -0.05) is 5.24 Å². The third-order valence-electron chi connectivity index (χ3n) is 7.70. The monoisotopic (exact) mass is 620 g/mol. The van der Waals surface area contributed by atoms with E-state index in [1.807, 2.05) is 48.3 Å². The Balaban J connectivity index is 1.45. The van der Waals surface area contributed by atoms with Crippen LogP contribution in [0.15, 0.2) is 41.2 Å². The van der Waals surface area contributed by atoms with Crippen molar-refractivity contribution in [3.63, 3.8) is 0 Å². The molecule has 0 atom stereocenters. The van der Waals surface area contributed by atoms with Crippen LogP contribution in [-0.4, -0.2) is 101 Å². The number of amides is 2.